The number of rotatable bonds is 3. The Balaban J connectivity index is 1.40. The molecule has 1 aliphatic carbocycles. The van der Waals surface area contributed by atoms with Gasteiger partial charge in [-0.3, -0.25) is 9.59 Å². The molecule has 1 aromatic rings. The number of carbonyl (C=O) groups excluding carboxylic acids is 2. The van der Waals surface area contributed by atoms with E-state index in [1.807, 2.05) is 17.2 Å². The molecule has 3 fully saturated rings. The second-order valence-corrected chi connectivity index (χ2v) is 8.68. The summed E-state index contributed by atoms with van der Waals surface area (Å²) < 4.78 is 0. The zero-order valence-corrected chi connectivity index (χ0v) is 15.1. The number of thiazole rings is 1. The summed E-state index contributed by atoms with van der Waals surface area (Å²) in [5.41, 5.74) is 0.348. The van der Waals surface area contributed by atoms with E-state index in [9.17, 15) is 9.59 Å². The Morgan fingerprint density at radius 2 is 2.04 bits per heavy atom. The van der Waals surface area contributed by atoms with Crippen LogP contribution in [-0.2, 0) is 4.79 Å². The number of nitrogens with zero attached hydrogens (tertiary/aromatic N) is 3. The number of hydrogen-bond acceptors (Lipinski definition) is 4. The first-order valence-electron chi connectivity index (χ1n) is 9.08. The maximum atomic E-state index is 13.0. The quantitative estimate of drug-likeness (QED) is 0.845. The Morgan fingerprint density at radius 3 is 2.67 bits per heavy atom. The monoisotopic (exact) mass is 347 g/mol. The molecule has 1 saturated carbocycles. The minimum Gasteiger partial charge on any atom is -0.342 e. The molecule has 0 aromatic carbocycles. The van der Waals surface area contributed by atoms with Crippen molar-refractivity contribution < 1.29 is 9.59 Å². The molecule has 3 heterocycles. The summed E-state index contributed by atoms with van der Waals surface area (Å²) in [5, 5.41) is 2.76. The van der Waals surface area contributed by atoms with E-state index < -0.39 is 0 Å². The maximum Gasteiger partial charge on any atom is 0.273 e. The van der Waals surface area contributed by atoms with Gasteiger partial charge in [0.25, 0.3) is 5.91 Å². The van der Waals surface area contributed by atoms with Gasteiger partial charge in [0.2, 0.25) is 5.91 Å². The lowest BCUT2D eigenvalue weighted by atomic mass is 9.71. The van der Waals surface area contributed by atoms with Crippen molar-refractivity contribution in [3.8, 4) is 0 Å². The topological polar surface area (TPSA) is 53.5 Å². The van der Waals surface area contributed by atoms with Gasteiger partial charge in [-0.25, -0.2) is 4.98 Å². The van der Waals surface area contributed by atoms with Crippen LogP contribution in [0, 0.1) is 18.3 Å². The molecule has 24 heavy (non-hydrogen) atoms. The molecule has 5 nitrogen and oxygen atoms in total. The largest absolute Gasteiger partial charge is 0.342 e. The Bertz CT molecular complexity index is 644. The molecule has 1 spiro atoms. The van der Waals surface area contributed by atoms with Crippen LogP contribution < -0.4 is 0 Å². The van der Waals surface area contributed by atoms with E-state index in [4.69, 9.17) is 0 Å². The molecule has 6 heteroatoms. The fourth-order valence-electron chi connectivity index (χ4n) is 4.16. The molecule has 2 aliphatic heterocycles. The highest BCUT2D eigenvalue weighted by atomic mass is 32.1. The Kier molecular flexibility index (Phi) is 4.11. The minimum absolute atomic E-state index is 0.0206. The van der Waals surface area contributed by atoms with Crippen LogP contribution in [0.25, 0.3) is 0 Å². The zero-order valence-electron chi connectivity index (χ0n) is 14.3. The molecule has 0 atom stereocenters. The van der Waals surface area contributed by atoms with Gasteiger partial charge >= 0.3 is 0 Å². The third-order valence-electron chi connectivity index (χ3n) is 5.85. The highest BCUT2D eigenvalue weighted by Crippen LogP contribution is 2.42. The second-order valence-electron chi connectivity index (χ2n) is 7.62. The summed E-state index contributed by atoms with van der Waals surface area (Å²) in [6.07, 6.45) is 6.28. The SMILES string of the molecule is Cc1nc(C(=O)N2CCC3(CCCN(CC4CC4)C3=O)CC2)cs1. The van der Waals surface area contributed by atoms with Crippen LogP contribution in [-0.4, -0.2) is 52.8 Å². The number of piperidine rings is 2. The zero-order chi connectivity index (χ0) is 16.7. The van der Waals surface area contributed by atoms with Crippen molar-refractivity contribution in [3.05, 3.63) is 16.1 Å². The van der Waals surface area contributed by atoms with E-state index in [1.165, 1.54) is 24.2 Å². The standard InChI is InChI=1S/C18H25N3O2S/c1-13-19-15(12-24-13)16(22)20-9-6-18(7-10-20)5-2-8-21(17(18)23)11-14-3-4-14/h12,14H,2-11H2,1H3. The van der Waals surface area contributed by atoms with Crippen molar-refractivity contribution in [2.45, 2.75) is 45.4 Å². The molecule has 130 valence electrons. The van der Waals surface area contributed by atoms with Crippen LogP contribution in [0.5, 0.6) is 0 Å². The van der Waals surface area contributed by atoms with Crippen molar-refractivity contribution in [1.82, 2.24) is 14.8 Å². The molecule has 4 rings (SSSR count). The van der Waals surface area contributed by atoms with E-state index >= 15 is 0 Å². The minimum atomic E-state index is -0.206. The van der Waals surface area contributed by atoms with Crippen LogP contribution in [0.1, 0.15) is 54.0 Å². The van der Waals surface area contributed by atoms with Crippen LogP contribution in [0.3, 0.4) is 0 Å². The van der Waals surface area contributed by atoms with Gasteiger partial charge in [0.05, 0.1) is 10.4 Å². The molecule has 0 unspecified atom stereocenters. The molecule has 0 N–H and O–H groups in total. The van der Waals surface area contributed by atoms with Gasteiger partial charge in [0.15, 0.2) is 0 Å². The highest BCUT2D eigenvalue weighted by Gasteiger charge is 2.47. The molecular formula is C18H25N3O2S. The van der Waals surface area contributed by atoms with E-state index in [1.54, 1.807) is 0 Å². The lowest BCUT2D eigenvalue weighted by Gasteiger charge is -2.46. The summed E-state index contributed by atoms with van der Waals surface area (Å²) in [6.45, 7) is 5.16. The number of aryl methyl sites for hydroxylation is 1. The van der Waals surface area contributed by atoms with Crippen molar-refractivity contribution in [2.75, 3.05) is 26.2 Å². The normalized spacial score (nSPS) is 23.8. The summed E-state index contributed by atoms with van der Waals surface area (Å²) in [7, 11) is 0. The maximum absolute atomic E-state index is 13.0. The van der Waals surface area contributed by atoms with Crippen molar-refractivity contribution >= 4 is 23.2 Å². The van der Waals surface area contributed by atoms with Gasteiger partial charge < -0.3 is 9.80 Å². The van der Waals surface area contributed by atoms with E-state index in [2.05, 4.69) is 9.88 Å². The Morgan fingerprint density at radius 1 is 1.29 bits per heavy atom. The molecule has 1 aromatic heterocycles. The smallest absolute Gasteiger partial charge is 0.273 e. The molecule has 0 bridgehead atoms. The lowest BCUT2D eigenvalue weighted by molar-refractivity contribution is -0.149. The summed E-state index contributed by atoms with van der Waals surface area (Å²) in [4.78, 5) is 33.9. The van der Waals surface area contributed by atoms with Gasteiger partial charge in [-0.1, -0.05) is 0 Å². The van der Waals surface area contributed by atoms with Crippen LogP contribution in [0.4, 0.5) is 0 Å². The number of likely N-dealkylation sites (tertiary alicyclic amines) is 2. The molecule has 3 aliphatic rings. The highest BCUT2D eigenvalue weighted by molar-refractivity contribution is 7.09. The average molecular weight is 347 g/mol. The summed E-state index contributed by atoms with van der Waals surface area (Å²) >= 11 is 1.51. The third-order valence-corrected chi connectivity index (χ3v) is 6.62. The van der Waals surface area contributed by atoms with Gasteiger partial charge in [-0.2, -0.15) is 0 Å². The van der Waals surface area contributed by atoms with E-state index in [0.29, 0.717) is 24.7 Å². The van der Waals surface area contributed by atoms with E-state index in [0.717, 1.165) is 49.7 Å². The van der Waals surface area contributed by atoms with Crippen LogP contribution in [0.15, 0.2) is 5.38 Å². The van der Waals surface area contributed by atoms with Crippen molar-refractivity contribution in [2.24, 2.45) is 11.3 Å². The lowest BCUT2D eigenvalue weighted by Crippen LogP contribution is -2.54. The average Bonchev–Trinajstić information content (AvgIpc) is 3.30. The first-order valence-corrected chi connectivity index (χ1v) is 9.96. The summed E-state index contributed by atoms with van der Waals surface area (Å²) in [6, 6.07) is 0. The number of carbonyl (C=O) groups is 2. The van der Waals surface area contributed by atoms with Crippen LogP contribution in [0.2, 0.25) is 0 Å². The fourth-order valence-corrected chi connectivity index (χ4v) is 4.75. The fraction of sp³-hybridized carbons (Fsp3) is 0.722. The molecule has 0 radical (unpaired) electrons. The predicted molar refractivity (Wildman–Crippen MR) is 93.0 cm³/mol. The number of amides is 2. The van der Waals surface area contributed by atoms with Gasteiger partial charge in [-0.05, 0) is 51.4 Å². The number of aromatic nitrogens is 1. The third kappa shape index (κ3) is 2.96. The van der Waals surface area contributed by atoms with Crippen molar-refractivity contribution in [1.29, 1.82) is 0 Å². The molecule has 2 amide bonds. The first kappa shape index (κ1) is 16.1. The van der Waals surface area contributed by atoms with E-state index in [-0.39, 0.29) is 11.3 Å². The summed E-state index contributed by atoms with van der Waals surface area (Å²) in [5.74, 6) is 1.13. The Hall–Kier alpha value is -1.43. The van der Waals surface area contributed by atoms with Crippen LogP contribution >= 0.6 is 11.3 Å². The van der Waals surface area contributed by atoms with Gasteiger partial charge in [0, 0.05) is 31.6 Å². The van der Waals surface area contributed by atoms with Gasteiger partial charge in [-0.15, -0.1) is 11.3 Å². The van der Waals surface area contributed by atoms with Gasteiger partial charge in [0.1, 0.15) is 5.69 Å². The van der Waals surface area contributed by atoms with Crippen molar-refractivity contribution in [3.63, 3.8) is 0 Å². The number of hydrogen-bond donors (Lipinski definition) is 0. The predicted octanol–water partition coefficient (Wildman–Crippen LogP) is 2.71. The Labute approximate surface area is 147 Å². The molecular weight excluding hydrogens is 322 g/mol. The second kappa shape index (κ2) is 6.14. The first-order chi connectivity index (χ1) is 11.6. The molecule has 2 saturated heterocycles.